The number of halogens is 2. The standard InChI is InChI=1S/C15H16Cl2N6O/c1-4-23-13(14-18-9(2)21-24-14)19-20-15(23)22(3)8-10-11(16)6-5-7-12(10)17/h5-7H,4,8H2,1-3H3. The quantitative estimate of drug-likeness (QED) is 0.686. The number of anilines is 1. The third-order valence-corrected chi connectivity index (χ3v) is 4.27. The first-order chi connectivity index (χ1) is 11.5. The summed E-state index contributed by atoms with van der Waals surface area (Å²) in [5.74, 6) is 2.09. The van der Waals surface area contributed by atoms with Gasteiger partial charge in [0.25, 0.3) is 5.89 Å². The van der Waals surface area contributed by atoms with E-state index in [-0.39, 0.29) is 0 Å². The van der Waals surface area contributed by atoms with Crippen molar-refractivity contribution >= 4 is 29.2 Å². The Hall–Kier alpha value is -2.12. The largest absolute Gasteiger partial charge is 0.340 e. The van der Waals surface area contributed by atoms with Crippen LogP contribution in [-0.4, -0.2) is 32.0 Å². The molecule has 9 heteroatoms. The zero-order valence-corrected chi connectivity index (χ0v) is 15.0. The highest BCUT2D eigenvalue weighted by molar-refractivity contribution is 6.36. The molecule has 0 aliphatic carbocycles. The molecule has 0 fully saturated rings. The van der Waals surface area contributed by atoms with Crippen molar-refractivity contribution < 1.29 is 4.52 Å². The van der Waals surface area contributed by atoms with Crippen LogP contribution >= 0.6 is 23.2 Å². The van der Waals surface area contributed by atoms with E-state index in [4.69, 9.17) is 27.7 Å². The van der Waals surface area contributed by atoms with Crippen LogP contribution in [0.1, 0.15) is 18.3 Å². The normalized spacial score (nSPS) is 11.0. The molecule has 3 rings (SSSR count). The van der Waals surface area contributed by atoms with Gasteiger partial charge in [0.05, 0.1) is 0 Å². The van der Waals surface area contributed by atoms with Crippen LogP contribution in [0, 0.1) is 6.92 Å². The summed E-state index contributed by atoms with van der Waals surface area (Å²) in [6.45, 7) is 4.90. The smallest absolute Gasteiger partial charge is 0.295 e. The molecule has 0 aliphatic rings. The minimum absolute atomic E-state index is 0.345. The molecule has 7 nitrogen and oxygen atoms in total. The van der Waals surface area contributed by atoms with Crippen molar-refractivity contribution in [3.05, 3.63) is 39.6 Å². The minimum atomic E-state index is 0.345. The van der Waals surface area contributed by atoms with Crippen molar-refractivity contribution in [3.8, 4) is 11.7 Å². The molecule has 24 heavy (non-hydrogen) atoms. The number of hydrogen-bond acceptors (Lipinski definition) is 6. The highest BCUT2D eigenvalue weighted by Crippen LogP contribution is 2.28. The van der Waals surface area contributed by atoms with Crippen molar-refractivity contribution in [2.24, 2.45) is 0 Å². The predicted molar refractivity (Wildman–Crippen MR) is 92.3 cm³/mol. The number of rotatable bonds is 5. The Morgan fingerprint density at radius 1 is 1.21 bits per heavy atom. The second kappa shape index (κ2) is 6.78. The van der Waals surface area contributed by atoms with E-state index in [1.807, 2.05) is 41.6 Å². The van der Waals surface area contributed by atoms with Crippen molar-refractivity contribution in [1.82, 2.24) is 24.9 Å². The highest BCUT2D eigenvalue weighted by Gasteiger charge is 2.21. The fraction of sp³-hybridized carbons (Fsp3) is 0.333. The zero-order valence-electron chi connectivity index (χ0n) is 13.5. The molecular formula is C15H16Cl2N6O. The summed E-state index contributed by atoms with van der Waals surface area (Å²) in [6, 6.07) is 5.44. The number of nitrogens with zero attached hydrogens (tertiary/aromatic N) is 6. The van der Waals surface area contributed by atoms with E-state index in [1.54, 1.807) is 6.92 Å². The summed E-state index contributed by atoms with van der Waals surface area (Å²) in [5.41, 5.74) is 0.837. The number of benzene rings is 1. The van der Waals surface area contributed by atoms with Crippen molar-refractivity contribution in [2.75, 3.05) is 11.9 Å². The van der Waals surface area contributed by atoms with Gasteiger partial charge in [0.15, 0.2) is 5.82 Å². The average Bonchev–Trinajstić information content (AvgIpc) is 3.16. The van der Waals surface area contributed by atoms with E-state index in [2.05, 4.69) is 20.3 Å². The van der Waals surface area contributed by atoms with Crippen molar-refractivity contribution in [2.45, 2.75) is 26.9 Å². The molecule has 0 N–H and O–H groups in total. The minimum Gasteiger partial charge on any atom is -0.340 e. The molecule has 0 aliphatic heterocycles. The second-order valence-electron chi connectivity index (χ2n) is 5.27. The molecule has 0 spiro atoms. The van der Waals surface area contributed by atoms with Crippen LogP contribution in [0.2, 0.25) is 10.0 Å². The third-order valence-electron chi connectivity index (χ3n) is 3.56. The fourth-order valence-electron chi connectivity index (χ4n) is 2.41. The van der Waals surface area contributed by atoms with Crippen LogP contribution < -0.4 is 4.90 Å². The van der Waals surface area contributed by atoms with E-state index < -0.39 is 0 Å². The molecule has 2 heterocycles. The lowest BCUT2D eigenvalue weighted by molar-refractivity contribution is 0.420. The van der Waals surface area contributed by atoms with E-state index in [9.17, 15) is 0 Å². The van der Waals surface area contributed by atoms with Gasteiger partial charge < -0.3 is 9.42 Å². The summed E-state index contributed by atoms with van der Waals surface area (Å²) < 4.78 is 7.10. The maximum Gasteiger partial charge on any atom is 0.295 e. The van der Waals surface area contributed by atoms with Gasteiger partial charge in [-0.05, 0) is 26.0 Å². The Morgan fingerprint density at radius 3 is 2.50 bits per heavy atom. The van der Waals surface area contributed by atoms with Crippen LogP contribution in [0.15, 0.2) is 22.7 Å². The van der Waals surface area contributed by atoms with Crippen LogP contribution in [0.5, 0.6) is 0 Å². The van der Waals surface area contributed by atoms with Crippen LogP contribution in [0.25, 0.3) is 11.7 Å². The Morgan fingerprint density at radius 2 is 1.92 bits per heavy atom. The number of aryl methyl sites for hydroxylation is 1. The van der Waals surface area contributed by atoms with Gasteiger partial charge >= 0.3 is 0 Å². The Bertz CT molecular complexity index is 839. The van der Waals surface area contributed by atoms with E-state index in [0.717, 1.165) is 5.56 Å². The molecule has 0 radical (unpaired) electrons. The molecule has 0 unspecified atom stereocenters. The summed E-state index contributed by atoms with van der Waals surface area (Å²) in [6.07, 6.45) is 0. The third kappa shape index (κ3) is 3.09. The van der Waals surface area contributed by atoms with Crippen LogP contribution in [0.4, 0.5) is 5.95 Å². The molecule has 0 saturated heterocycles. The molecule has 0 atom stereocenters. The van der Waals surface area contributed by atoms with Gasteiger partial charge in [0.1, 0.15) is 0 Å². The summed E-state index contributed by atoms with van der Waals surface area (Å²) in [4.78, 5) is 6.14. The Kier molecular flexibility index (Phi) is 4.73. The molecule has 0 bridgehead atoms. The first kappa shape index (κ1) is 16.7. The lowest BCUT2D eigenvalue weighted by atomic mass is 10.2. The molecule has 3 aromatic rings. The first-order valence-electron chi connectivity index (χ1n) is 7.39. The molecule has 126 valence electrons. The fourth-order valence-corrected chi connectivity index (χ4v) is 2.92. The zero-order chi connectivity index (χ0) is 17.3. The molecule has 2 aromatic heterocycles. The van der Waals surface area contributed by atoms with Gasteiger partial charge in [-0.1, -0.05) is 34.4 Å². The Balaban J connectivity index is 1.93. The number of aromatic nitrogens is 5. The van der Waals surface area contributed by atoms with E-state index >= 15 is 0 Å². The molecule has 1 aromatic carbocycles. The van der Waals surface area contributed by atoms with Crippen LogP contribution in [-0.2, 0) is 13.1 Å². The van der Waals surface area contributed by atoms with E-state index in [1.165, 1.54) is 0 Å². The Labute approximate surface area is 149 Å². The predicted octanol–water partition coefficient (Wildman–Crippen LogP) is 3.60. The highest BCUT2D eigenvalue weighted by atomic mass is 35.5. The van der Waals surface area contributed by atoms with Crippen molar-refractivity contribution in [3.63, 3.8) is 0 Å². The summed E-state index contributed by atoms with van der Waals surface area (Å²) >= 11 is 12.5. The molecule has 0 amide bonds. The van der Waals surface area contributed by atoms with E-state index in [0.29, 0.717) is 46.6 Å². The summed E-state index contributed by atoms with van der Waals surface area (Å²) in [7, 11) is 1.90. The molecule has 0 saturated carbocycles. The average molecular weight is 367 g/mol. The maximum absolute atomic E-state index is 6.25. The lowest BCUT2D eigenvalue weighted by Crippen LogP contribution is -2.21. The SMILES string of the molecule is CCn1c(-c2nc(C)no2)nnc1N(C)Cc1c(Cl)cccc1Cl. The number of hydrogen-bond donors (Lipinski definition) is 0. The lowest BCUT2D eigenvalue weighted by Gasteiger charge is -2.20. The van der Waals surface area contributed by atoms with Gasteiger partial charge in [0.2, 0.25) is 11.8 Å². The van der Waals surface area contributed by atoms with Crippen molar-refractivity contribution in [1.29, 1.82) is 0 Å². The van der Waals surface area contributed by atoms with Gasteiger partial charge in [-0.25, -0.2) is 0 Å². The summed E-state index contributed by atoms with van der Waals surface area (Å²) in [5, 5.41) is 13.5. The monoisotopic (exact) mass is 366 g/mol. The van der Waals surface area contributed by atoms with Gasteiger partial charge in [-0.2, -0.15) is 4.98 Å². The first-order valence-corrected chi connectivity index (χ1v) is 8.14. The topological polar surface area (TPSA) is 72.9 Å². The maximum atomic E-state index is 6.25. The van der Waals surface area contributed by atoms with Gasteiger partial charge in [0, 0.05) is 35.7 Å². The van der Waals surface area contributed by atoms with Gasteiger partial charge in [-0.3, -0.25) is 4.57 Å². The second-order valence-corrected chi connectivity index (χ2v) is 6.09. The molecular weight excluding hydrogens is 351 g/mol. The van der Waals surface area contributed by atoms with Gasteiger partial charge in [-0.15, -0.1) is 10.2 Å². The van der Waals surface area contributed by atoms with Crippen LogP contribution in [0.3, 0.4) is 0 Å².